The fourth-order valence-corrected chi connectivity index (χ4v) is 2.58. The lowest BCUT2D eigenvalue weighted by Crippen LogP contribution is -2.27. The Morgan fingerprint density at radius 1 is 1.24 bits per heavy atom. The molecule has 21 heavy (non-hydrogen) atoms. The fraction of sp³-hybridized carbons (Fsp3) is 0.588. The van der Waals surface area contributed by atoms with Crippen LogP contribution in [0.4, 0.5) is 0 Å². The highest BCUT2D eigenvalue weighted by atomic mass is 16.5. The van der Waals surface area contributed by atoms with Crippen LogP contribution in [0, 0.1) is 0 Å². The minimum atomic E-state index is -0.0128. The Morgan fingerprint density at radius 3 is 2.52 bits per heavy atom. The van der Waals surface area contributed by atoms with Crippen molar-refractivity contribution < 1.29 is 9.53 Å². The quantitative estimate of drug-likeness (QED) is 0.785. The fourth-order valence-electron chi connectivity index (χ4n) is 2.58. The Balaban J connectivity index is 1.76. The van der Waals surface area contributed by atoms with E-state index in [0.29, 0.717) is 18.2 Å². The number of hydrogen-bond donors (Lipinski definition) is 1. The van der Waals surface area contributed by atoms with Crippen LogP contribution >= 0.6 is 0 Å². The molecule has 1 aromatic rings. The first-order valence-corrected chi connectivity index (χ1v) is 7.85. The molecule has 1 amide bonds. The Labute approximate surface area is 127 Å². The third kappa shape index (κ3) is 5.38. The lowest BCUT2D eigenvalue weighted by atomic mass is 10.2. The SMILES string of the molecule is CN(C)CCCNC(=O)c1ccc(OC2CCCC2)cc1. The molecule has 2 rings (SSSR count). The average Bonchev–Trinajstić information content (AvgIpc) is 2.97. The summed E-state index contributed by atoms with van der Waals surface area (Å²) >= 11 is 0. The van der Waals surface area contributed by atoms with Crippen LogP contribution in [0.2, 0.25) is 0 Å². The molecule has 4 heteroatoms. The molecule has 0 aromatic heterocycles. The zero-order valence-electron chi connectivity index (χ0n) is 13.1. The maximum atomic E-state index is 12.0. The summed E-state index contributed by atoms with van der Waals surface area (Å²) in [5.41, 5.74) is 0.693. The second-order valence-electron chi connectivity index (χ2n) is 5.96. The van der Waals surface area contributed by atoms with E-state index in [-0.39, 0.29) is 5.91 Å². The van der Waals surface area contributed by atoms with Crippen LogP contribution in [0.1, 0.15) is 42.5 Å². The topological polar surface area (TPSA) is 41.6 Å². The summed E-state index contributed by atoms with van der Waals surface area (Å²) in [6, 6.07) is 7.47. The van der Waals surface area contributed by atoms with Crippen molar-refractivity contribution in [1.82, 2.24) is 10.2 Å². The highest BCUT2D eigenvalue weighted by Crippen LogP contribution is 2.24. The number of rotatable bonds is 7. The molecule has 0 saturated heterocycles. The van der Waals surface area contributed by atoms with Gasteiger partial charge in [0.15, 0.2) is 0 Å². The number of hydrogen-bond acceptors (Lipinski definition) is 3. The van der Waals surface area contributed by atoms with Gasteiger partial charge < -0.3 is 15.0 Å². The van der Waals surface area contributed by atoms with E-state index in [9.17, 15) is 4.79 Å². The summed E-state index contributed by atoms with van der Waals surface area (Å²) in [5.74, 6) is 0.854. The number of benzene rings is 1. The van der Waals surface area contributed by atoms with Crippen molar-refractivity contribution in [3.63, 3.8) is 0 Å². The molecule has 1 saturated carbocycles. The zero-order chi connectivity index (χ0) is 15.1. The molecule has 0 unspecified atom stereocenters. The molecule has 0 radical (unpaired) electrons. The molecular weight excluding hydrogens is 264 g/mol. The third-order valence-electron chi connectivity index (χ3n) is 3.79. The van der Waals surface area contributed by atoms with Crippen molar-refractivity contribution in [3.8, 4) is 5.75 Å². The molecule has 116 valence electrons. The van der Waals surface area contributed by atoms with Crippen LogP contribution in [-0.4, -0.2) is 44.1 Å². The minimum absolute atomic E-state index is 0.0128. The van der Waals surface area contributed by atoms with Gasteiger partial charge in [-0.05, 0) is 77.0 Å². The Hall–Kier alpha value is -1.55. The van der Waals surface area contributed by atoms with Crippen molar-refractivity contribution >= 4 is 5.91 Å². The Morgan fingerprint density at radius 2 is 1.90 bits per heavy atom. The van der Waals surface area contributed by atoms with Gasteiger partial charge in [0.2, 0.25) is 0 Å². The van der Waals surface area contributed by atoms with Crippen molar-refractivity contribution in [3.05, 3.63) is 29.8 Å². The van der Waals surface area contributed by atoms with E-state index in [1.165, 1.54) is 12.8 Å². The predicted molar refractivity (Wildman–Crippen MR) is 84.8 cm³/mol. The molecule has 0 spiro atoms. The molecule has 4 nitrogen and oxygen atoms in total. The van der Waals surface area contributed by atoms with Gasteiger partial charge in [-0.2, -0.15) is 0 Å². The maximum absolute atomic E-state index is 12.0. The van der Waals surface area contributed by atoms with E-state index in [0.717, 1.165) is 31.6 Å². The maximum Gasteiger partial charge on any atom is 0.251 e. The van der Waals surface area contributed by atoms with Gasteiger partial charge in [0, 0.05) is 12.1 Å². The van der Waals surface area contributed by atoms with Crippen molar-refractivity contribution in [2.24, 2.45) is 0 Å². The van der Waals surface area contributed by atoms with Gasteiger partial charge in [0.25, 0.3) is 5.91 Å². The van der Waals surface area contributed by atoms with Crippen LogP contribution in [0.3, 0.4) is 0 Å². The summed E-state index contributed by atoms with van der Waals surface area (Å²) in [6.07, 6.45) is 6.13. The predicted octanol–water partition coefficient (Wildman–Crippen LogP) is 2.69. The third-order valence-corrected chi connectivity index (χ3v) is 3.79. The first-order valence-electron chi connectivity index (χ1n) is 7.85. The van der Waals surface area contributed by atoms with Crippen LogP contribution < -0.4 is 10.1 Å². The number of carbonyl (C=O) groups excluding carboxylic acids is 1. The highest BCUT2D eigenvalue weighted by Gasteiger charge is 2.16. The van der Waals surface area contributed by atoms with Crippen LogP contribution in [0.5, 0.6) is 5.75 Å². The van der Waals surface area contributed by atoms with Gasteiger partial charge in [-0.15, -0.1) is 0 Å². The normalized spacial score (nSPS) is 15.4. The van der Waals surface area contributed by atoms with E-state index in [2.05, 4.69) is 10.2 Å². The highest BCUT2D eigenvalue weighted by molar-refractivity contribution is 5.94. The first-order chi connectivity index (χ1) is 10.1. The minimum Gasteiger partial charge on any atom is -0.490 e. The van der Waals surface area contributed by atoms with E-state index in [4.69, 9.17) is 4.74 Å². The molecule has 1 aliphatic carbocycles. The lowest BCUT2D eigenvalue weighted by Gasteiger charge is -2.13. The van der Waals surface area contributed by atoms with Gasteiger partial charge in [0.1, 0.15) is 5.75 Å². The molecule has 0 aliphatic heterocycles. The van der Waals surface area contributed by atoms with Gasteiger partial charge in [-0.3, -0.25) is 4.79 Å². The van der Waals surface area contributed by atoms with Crippen LogP contribution in [0.15, 0.2) is 24.3 Å². The Kier molecular flexibility index (Phi) is 6.05. The number of carbonyl (C=O) groups is 1. The van der Waals surface area contributed by atoms with Crippen molar-refractivity contribution in [1.29, 1.82) is 0 Å². The molecule has 1 N–H and O–H groups in total. The lowest BCUT2D eigenvalue weighted by molar-refractivity contribution is 0.0952. The monoisotopic (exact) mass is 290 g/mol. The van der Waals surface area contributed by atoms with E-state index < -0.39 is 0 Å². The smallest absolute Gasteiger partial charge is 0.251 e. The molecule has 0 atom stereocenters. The number of nitrogens with one attached hydrogen (secondary N) is 1. The summed E-state index contributed by atoms with van der Waals surface area (Å²) in [7, 11) is 4.07. The van der Waals surface area contributed by atoms with E-state index >= 15 is 0 Å². The molecule has 1 aliphatic rings. The van der Waals surface area contributed by atoms with Crippen molar-refractivity contribution in [2.45, 2.75) is 38.2 Å². The standard InChI is InChI=1S/C17H26N2O2/c1-19(2)13-5-12-18-17(20)14-8-10-16(11-9-14)21-15-6-3-4-7-15/h8-11,15H,3-7,12-13H2,1-2H3,(H,18,20). The number of amides is 1. The average molecular weight is 290 g/mol. The van der Waals surface area contributed by atoms with Crippen LogP contribution in [-0.2, 0) is 0 Å². The Bertz CT molecular complexity index is 437. The van der Waals surface area contributed by atoms with Gasteiger partial charge in [0.05, 0.1) is 6.10 Å². The van der Waals surface area contributed by atoms with Gasteiger partial charge >= 0.3 is 0 Å². The molecule has 1 fully saturated rings. The second-order valence-corrected chi connectivity index (χ2v) is 5.96. The summed E-state index contributed by atoms with van der Waals surface area (Å²) in [6.45, 7) is 1.69. The van der Waals surface area contributed by atoms with Crippen molar-refractivity contribution in [2.75, 3.05) is 27.2 Å². The summed E-state index contributed by atoms with van der Waals surface area (Å²) < 4.78 is 5.90. The number of nitrogens with zero attached hydrogens (tertiary/aromatic N) is 1. The number of ether oxygens (including phenoxy) is 1. The molecular formula is C17H26N2O2. The van der Waals surface area contributed by atoms with E-state index in [1.807, 2.05) is 38.4 Å². The molecule has 0 heterocycles. The second kappa shape index (κ2) is 8.03. The van der Waals surface area contributed by atoms with E-state index in [1.54, 1.807) is 0 Å². The molecule has 1 aromatic carbocycles. The molecule has 0 bridgehead atoms. The summed E-state index contributed by atoms with van der Waals surface area (Å²) in [5, 5.41) is 2.94. The van der Waals surface area contributed by atoms with Gasteiger partial charge in [-0.1, -0.05) is 0 Å². The van der Waals surface area contributed by atoms with Gasteiger partial charge in [-0.25, -0.2) is 0 Å². The summed E-state index contributed by atoms with van der Waals surface area (Å²) in [4.78, 5) is 14.1. The van der Waals surface area contributed by atoms with Crippen LogP contribution in [0.25, 0.3) is 0 Å². The first kappa shape index (κ1) is 15.8. The largest absolute Gasteiger partial charge is 0.490 e. The zero-order valence-corrected chi connectivity index (χ0v) is 13.1.